The zero-order chi connectivity index (χ0) is 19.2. The van der Waals surface area contributed by atoms with E-state index in [-0.39, 0.29) is 5.91 Å². The van der Waals surface area contributed by atoms with E-state index in [4.69, 9.17) is 4.74 Å². The number of hydrogen-bond acceptors (Lipinski definition) is 4. The summed E-state index contributed by atoms with van der Waals surface area (Å²) in [5.41, 5.74) is 1.58. The number of amides is 1. The minimum absolute atomic E-state index is 0.0336. The fraction of sp³-hybridized carbons (Fsp3) is 0.810. The molecule has 1 N–H and O–H groups in total. The second-order valence-electron chi connectivity index (χ2n) is 8.62. The first kappa shape index (κ1) is 20.3. The summed E-state index contributed by atoms with van der Waals surface area (Å²) in [6, 6.07) is 2.57. The third-order valence-corrected chi connectivity index (χ3v) is 6.01. The van der Waals surface area contributed by atoms with E-state index in [2.05, 4.69) is 28.9 Å². The molecule has 6 heteroatoms. The Bertz CT molecular complexity index is 599. The lowest BCUT2D eigenvalue weighted by Gasteiger charge is -2.45. The SMILES string of the molecule is COCCN(C[C@@H]1CCCN2CCCC[C@H]12)C(=O)c1cc(CC(C)C)[nH]n1. The number of aromatic nitrogens is 2. The maximum absolute atomic E-state index is 13.2. The summed E-state index contributed by atoms with van der Waals surface area (Å²) in [5.74, 6) is 1.14. The summed E-state index contributed by atoms with van der Waals surface area (Å²) >= 11 is 0. The molecule has 0 unspecified atom stereocenters. The van der Waals surface area contributed by atoms with Crippen molar-refractivity contribution < 1.29 is 9.53 Å². The minimum Gasteiger partial charge on any atom is -0.383 e. The summed E-state index contributed by atoms with van der Waals surface area (Å²) in [7, 11) is 1.70. The molecule has 1 aromatic heterocycles. The van der Waals surface area contributed by atoms with E-state index in [1.54, 1.807) is 7.11 Å². The van der Waals surface area contributed by atoms with Gasteiger partial charge >= 0.3 is 0 Å². The molecule has 152 valence electrons. The highest BCUT2D eigenvalue weighted by atomic mass is 16.5. The third-order valence-electron chi connectivity index (χ3n) is 6.01. The lowest BCUT2D eigenvalue weighted by Crippen LogP contribution is -2.52. The van der Waals surface area contributed by atoms with Gasteiger partial charge in [0.05, 0.1) is 6.61 Å². The summed E-state index contributed by atoms with van der Waals surface area (Å²) in [4.78, 5) is 17.8. The molecule has 6 nitrogen and oxygen atoms in total. The van der Waals surface area contributed by atoms with Crippen molar-refractivity contribution in [1.29, 1.82) is 0 Å². The first-order chi connectivity index (χ1) is 13.1. The number of aromatic amines is 1. The maximum Gasteiger partial charge on any atom is 0.274 e. The number of H-pyrrole nitrogens is 1. The Morgan fingerprint density at radius 3 is 2.93 bits per heavy atom. The molecule has 3 heterocycles. The van der Waals surface area contributed by atoms with Gasteiger partial charge in [-0.25, -0.2) is 0 Å². The number of rotatable bonds is 8. The van der Waals surface area contributed by atoms with Gasteiger partial charge in [-0.15, -0.1) is 0 Å². The normalized spacial score (nSPS) is 23.4. The van der Waals surface area contributed by atoms with Crippen LogP contribution in [-0.4, -0.2) is 71.8 Å². The average Bonchev–Trinajstić information content (AvgIpc) is 3.12. The number of nitrogens with one attached hydrogen (secondary N) is 1. The Morgan fingerprint density at radius 1 is 1.33 bits per heavy atom. The van der Waals surface area contributed by atoms with Crippen LogP contribution < -0.4 is 0 Å². The van der Waals surface area contributed by atoms with Gasteiger partial charge in [0.25, 0.3) is 5.91 Å². The molecular formula is C21H36N4O2. The van der Waals surface area contributed by atoms with Crippen molar-refractivity contribution in [1.82, 2.24) is 20.0 Å². The Labute approximate surface area is 163 Å². The molecule has 1 amide bonds. The van der Waals surface area contributed by atoms with Crippen LogP contribution in [0.3, 0.4) is 0 Å². The second-order valence-corrected chi connectivity index (χ2v) is 8.62. The fourth-order valence-electron chi connectivity index (χ4n) is 4.73. The lowest BCUT2D eigenvalue weighted by atomic mass is 9.83. The zero-order valence-corrected chi connectivity index (χ0v) is 17.2. The maximum atomic E-state index is 13.2. The van der Waals surface area contributed by atoms with Crippen molar-refractivity contribution in [2.24, 2.45) is 11.8 Å². The van der Waals surface area contributed by atoms with E-state index in [0.717, 1.165) is 18.7 Å². The lowest BCUT2D eigenvalue weighted by molar-refractivity contribution is 0.0313. The van der Waals surface area contributed by atoms with E-state index in [9.17, 15) is 4.79 Å². The van der Waals surface area contributed by atoms with Crippen LogP contribution in [0.25, 0.3) is 0 Å². The van der Waals surface area contributed by atoms with E-state index >= 15 is 0 Å². The van der Waals surface area contributed by atoms with E-state index < -0.39 is 0 Å². The monoisotopic (exact) mass is 376 g/mol. The largest absolute Gasteiger partial charge is 0.383 e. The standard InChI is InChI=1S/C21H36N4O2/c1-16(2)13-18-14-19(23-22-18)21(26)25(11-12-27-3)15-17-7-6-10-24-9-5-4-8-20(17)24/h14,16-17,20H,4-13,15H2,1-3H3,(H,22,23)/t17-,20+/m0/s1. The highest BCUT2D eigenvalue weighted by Gasteiger charge is 2.35. The van der Waals surface area contributed by atoms with Gasteiger partial charge in [-0.05, 0) is 63.1 Å². The summed E-state index contributed by atoms with van der Waals surface area (Å²) in [5, 5.41) is 7.35. The number of ether oxygens (including phenoxy) is 1. The van der Waals surface area contributed by atoms with Crippen LogP contribution in [0.5, 0.6) is 0 Å². The van der Waals surface area contributed by atoms with Gasteiger partial charge in [0.15, 0.2) is 0 Å². The molecule has 0 aliphatic carbocycles. The van der Waals surface area contributed by atoms with Gasteiger partial charge in [0.2, 0.25) is 0 Å². The molecule has 1 aromatic rings. The van der Waals surface area contributed by atoms with Crippen LogP contribution in [0.1, 0.15) is 62.1 Å². The predicted octanol–water partition coefficient (Wildman–Crippen LogP) is 2.96. The first-order valence-corrected chi connectivity index (χ1v) is 10.6. The van der Waals surface area contributed by atoms with Crippen molar-refractivity contribution in [2.45, 2.75) is 58.4 Å². The quantitative estimate of drug-likeness (QED) is 0.758. The van der Waals surface area contributed by atoms with Crippen LogP contribution in [0.4, 0.5) is 0 Å². The number of methoxy groups -OCH3 is 1. The Kier molecular flexibility index (Phi) is 7.30. The predicted molar refractivity (Wildman–Crippen MR) is 107 cm³/mol. The smallest absolute Gasteiger partial charge is 0.274 e. The summed E-state index contributed by atoms with van der Waals surface area (Å²) < 4.78 is 5.28. The Balaban J connectivity index is 1.68. The molecule has 2 saturated heterocycles. The number of nitrogens with zero attached hydrogens (tertiary/aromatic N) is 3. The van der Waals surface area contributed by atoms with Gasteiger partial charge in [0, 0.05) is 31.9 Å². The number of carbonyl (C=O) groups excluding carboxylic acids is 1. The molecule has 2 atom stereocenters. The van der Waals surface area contributed by atoms with Gasteiger partial charge in [-0.3, -0.25) is 9.89 Å². The van der Waals surface area contributed by atoms with E-state index in [0.29, 0.717) is 36.7 Å². The average molecular weight is 377 g/mol. The minimum atomic E-state index is 0.0336. The van der Waals surface area contributed by atoms with Crippen LogP contribution in [-0.2, 0) is 11.2 Å². The van der Waals surface area contributed by atoms with Crippen LogP contribution >= 0.6 is 0 Å². The molecule has 2 fully saturated rings. The van der Waals surface area contributed by atoms with Crippen LogP contribution in [0.15, 0.2) is 6.07 Å². The van der Waals surface area contributed by atoms with Crippen molar-refractivity contribution in [3.63, 3.8) is 0 Å². The summed E-state index contributed by atoms with van der Waals surface area (Å²) in [6.07, 6.45) is 7.30. The second kappa shape index (κ2) is 9.69. The van der Waals surface area contributed by atoms with Gasteiger partial charge < -0.3 is 14.5 Å². The molecule has 0 bridgehead atoms. The van der Waals surface area contributed by atoms with Crippen molar-refractivity contribution in [3.8, 4) is 0 Å². The third kappa shape index (κ3) is 5.32. The molecular weight excluding hydrogens is 340 g/mol. The van der Waals surface area contributed by atoms with Crippen molar-refractivity contribution in [2.75, 3.05) is 39.9 Å². The van der Waals surface area contributed by atoms with Gasteiger partial charge in [0.1, 0.15) is 5.69 Å². The topological polar surface area (TPSA) is 61.5 Å². The number of piperidine rings is 2. The molecule has 0 radical (unpaired) electrons. The van der Waals surface area contributed by atoms with E-state index in [1.165, 1.54) is 45.2 Å². The molecule has 2 aliphatic heterocycles. The highest BCUT2D eigenvalue weighted by Crippen LogP contribution is 2.31. The number of carbonyl (C=O) groups is 1. The zero-order valence-electron chi connectivity index (χ0n) is 17.2. The molecule has 0 saturated carbocycles. The Morgan fingerprint density at radius 2 is 2.15 bits per heavy atom. The number of fused-ring (bicyclic) bond motifs is 1. The Hall–Kier alpha value is -1.40. The highest BCUT2D eigenvalue weighted by molar-refractivity contribution is 5.92. The van der Waals surface area contributed by atoms with Crippen molar-refractivity contribution in [3.05, 3.63) is 17.5 Å². The molecule has 3 rings (SSSR count). The van der Waals surface area contributed by atoms with Crippen molar-refractivity contribution >= 4 is 5.91 Å². The molecule has 0 aromatic carbocycles. The molecule has 0 spiro atoms. The fourth-order valence-corrected chi connectivity index (χ4v) is 4.73. The van der Waals surface area contributed by atoms with Crippen LogP contribution in [0, 0.1) is 11.8 Å². The molecule has 27 heavy (non-hydrogen) atoms. The van der Waals surface area contributed by atoms with Gasteiger partial charge in [-0.2, -0.15) is 5.10 Å². The van der Waals surface area contributed by atoms with Crippen LogP contribution in [0.2, 0.25) is 0 Å². The molecule has 2 aliphatic rings. The summed E-state index contributed by atoms with van der Waals surface area (Å²) in [6.45, 7) is 8.81. The first-order valence-electron chi connectivity index (χ1n) is 10.6. The van der Waals surface area contributed by atoms with Gasteiger partial charge in [-0.1, -0.05) is 20.3 Å². The van der Waals surface area contributed by atoms with E-state index in [1.807, 2.05) is 11.0 Å². The number of hydrogen-bond donors (Lipinski definition) is 1.